The topological polar surface area (TPSA) is 55.4 Å². The van der Waals surface area contributed by atoms with E-state index in [2.05, 4.69) is 5.32 Å². The van der Waals surface area contributed by atoms with Crippen molar-refractivity contribution < 1.29 is 14.3 Å². The number of nitrogens with one attached hydrogen (secondary N) is 1. The Morgan fingerprint density at radius 2 is 1.74 bits per heavy atom. The zero-order valence-electron chi connectivity index (χ0n) is 16.2. The van der Waals surface area contributed by atoms with Crippen molar-refractivity contribution in [2.75, 3.05) is 7.11 Å². The minimum atomic E-state index is -1.04. The number of aryl methyl sites for hydroxylation is 1. The summed E-state index contributed by atoms with van der Waals surface area (Å²) < 4.78 is 5.36. The highest BCUT2D eigenvalue weighted by Gasteiger charge is 2.54. The normalized spacial score (nSPS) is 23.4. The molecule has 1 N–H and O–H groups in total. The molecule has 0 aliphatic carbocycles. The molecule has 1 fully saturated rings. The van der Waals surface area contributed by atoms with Crippen molar-refractivity contribution in [3.05, 3.63) is 58.1 Å². The molecule has 2 aromatic rings. The lowest BCUT2D eigenvalue weighted by Crippen LogP contribution is -2.53. The molecule has 3 atom stereocenters. The second-order valence-electron chi connectivity index (χ2n) is 7.34. The summed E-state index contributed by atoms with van der Waals surface area (Å²) in [5.74, 6) is -1.26. The molecule has 0 saturated carbocycles. The summed E-state index contributed by atoms with van der Waals surface area (Å²) in [6, 6.07) is 11.5. The first kappa shape index (κ1) is 19.6. The number of halogens is 1. The fraction of sp³-hybridized carbons (Fsp3) is 0.364. The van der Waals surface area contributed by atoms with Crippen LogP contribution in [0.25, 0.3) is 11.1 Å². The summed E-state index contributed by atoms with van der Waals surface area (Å²) >= 11 is 6.00. The summed E-state index contributed by atoms with van der Waals surface area (Å²) in [5.41, 5.74) is 3.58. The van der Waals surface area contributed by atoms with Gasteiger partial charge in [-0.15, -0.1) is 0 Å². The Morgan fingerprint density at radius 3 is 2.33 bits per heavy atom. The number of hydrogen-bond acceptors (Lipinski definition) is 3. The van der Waals surface area contributed by atoms with Gasteiger partial charge < -0.3 is 10.1 Å². The first-order valence-corrected chi connectivity index (χ1v) is 9.33. The van der Waals surface area contributed by atoms with Crippen molar-refractivity contribution in [1.29, 1.82) is 0 Å². The van der Waals surface area contributed by atoms with E-state index in [1.807, 2.05) is 50.2 Å². The quantitative estimate of drug-likeness (QED) is 0.802. The smallest absolute Gasteiger partial charge is 0.236 e. The number of methoxy groups -OCH3 is 1. The molecule has 2 aromatic carbocycles. The SMILES string of the molecule is COC(C)C1(C)NC(=O)C(c2c(C)ccc(-c3ccc(Cl)cc3)c2C)C1=O. The second-order valence-corrected chi connectivity index (χ2v) is 7.78. The van der Waals surface area contributed by atoms with Gasteiger partial charge in [0, 0.05) is 12.1 Å². The lowest BCUT2D eigenvalue weighted by atomic mass is 9.80. The van der Waals surface area contributed by atoms with Gasteiger partial charge >= 0.3 is 0 Å². The van der Waals surface area contributed by atoms with Crippen LogP contribution in [0, 0.1) is 13.8 Å². The molecule has 3 unspecified atom stereocenters. The minimum absolute atomic E-state index is 0.152. The van der Waals surface area contributed by atoms with E-state index in [1.54, 1.807) is 21.0 Å². The van der Waals surface area contributed by atoms with E-state index in [0.717, 1.165) is 27.8 Å². The molecular weight excluding hydrogens is 362 g/mol. The van der Waals surface area contributed by atoms with Gasteiger partial charge in [-0.25, -0.2) is 0 Å². The molecule has 0 bridgehead atoms. The van der Waals surface area contributed by atoms with Crippen molar-refractivity contribution in [3.63, 3.8) is 0 Å². The number of amides is 1. The molecule has 0 radical (unpaired) electrons. The summed E-state index contributed by atoms with van der Waals surface area (Å²) in [6.07, 6.45) is -0.418. The highest BCUT2D eigenvalue weighted by molar-refractivity contribution is 6.30. The number of benzene rings is 2. The van der Waals surface area contributed by atoms with Gasteiger partial charge in [0.15, 0.2) is 5.78 Å². The fourth-order valence-corrected chi connectivity index (χ4v) is 3.98. The standard InChI is InChI=1S/C22H24ClNO3/c1-12-6-11-17(15-7-9-16(23)10-8-15)13(2)18(12)19-20(25)22(4,14(3)27-5)24-21(19)26/h6-11,14,19H,1-5H3,(H,24,26). The van der Waals surface area contributed by atoms with E-state index in [4.69, 9.17) is 16.3 Å². The largest absolute Gasteiger partial charge is 0.379 e. The van der Waals surface area contributed by atoms with E-state index in [-0.39, 0.29) is 11.7 Å². The van der Waals surface area contributed by atoms with Crippen molar-refractivity contribution in [3.8, 4) is 11.1 Å². The molecule has 0 aromatic heterocycles. The predicted molar refractivity (Wildman–Crippen MR) is 107 cm³/mol. The van der Waals surface area contributed by atoms with Gasteiger partial charge in [-0.2, -0.15) is 0 Å². The maximum Gasteiger partial charge on any atom is 0.236 e. The second kappa shape index (κ2) is 7.10. The summed E-state index contributed by atoms with van der Waals surface area (Å²) in [4.78, 5) is 26.1. The molecule has 5 heteroatoms. The van der Waals surface area contributed by atoms with Crippen molar-refractivity contribution in [1.82, 2.24) is 5.32 Å². The summed E-state index contributed by atoms with van der Waals surface area (Å²) in [6.45, 7) is 7.42. The maximum absolute atomic E-state index is 13.3. The average molecular weight is 386 g/mol. The third-order valence-corrected chi connectivity index (χ3v) is 6.01. The number of rotatable bonds is 4. The Bertz CT molecular complexity index is 907. The van der Waals surface area contributed by atoms with E-state index in [0.29, 0.717) is 5.02 Å². The van der Waals surface area contributed by atoms with Gasteiger partial charge in [0.25, 0.3) is 0 Å². The van der Waals surface area contributed by atoms with Crippen LogP contribution in [0.2, 0.25) is 5.02 Å². The Balaban J connectivity index is 2.12. The minimum Gasteiger partial charge on any atom is -0.379 e. The van der Waals surface area contributed by atoms with Crippen LogP contribution in [0.15, 0.2) is 36.4 Å². The van der Waals surface area contributed by atoms with Gasteiger partial charge in [0.05, 0.1) is 6.10 Å². The molecule has 3 rings (SSSR count). The molecule has 27 heavy (non-hydrogen) atoms. The average Bonchev–Trinajstić information content (AvgIpc) is 2.86. The Kier molecular flexibility index (Phi) is 5.15. The molecule has 0 spiro atoms. The Morgan fingerprint density at radius 1 is 1.11 bits per heavy atom. The van der Waals surface area contributed by atoms with Crippen LogP contribution >= 0.6 is 11.6 Å². The van der Waals surface area contributed by atoms with Gasteiger partial charge in [-0.3, -0.25) is 9.59 Å². The highest BCUT2D eigenvalue weighted by Crippen LogP contribution is 2.38. The van der Waals surface area contributed by atoms with Crippen LogP contribution in [0.5, 0.6) is 0 Å². The molecule has 1 saturated heterocycles. The van der Waals surface area contributed by atoms with E-state index >= 15 is 0 Å². The third-order valence-electron chi connectivity index (χ3n) is 5.76. The molecular formula is C22H24ClNO3. The van der Waals surface area contributed by atoms with E-state index in [1.165, 1.54) is 0 Å². The van der Waals surface area contributed by atoms with Crippen molar-refractivity contribution in [2.45, 2.75) is 45.3 Å². The van der Waals surface area contributed by atoms with Crippen LogP contribution in [-0.2, 0) is 14.3 Å². The summed E-state index contributed by atoms with van der Waals surface area (Å²) in [7, 11) is 1.54. The van der Waals surface area contributed by atoms with Gasteiger partial charge in [-0.1, -0.05) is 35.9 Å². The lowest BCUT2D eigenvalue weighted by molar-refractivity contribution is -0.127. The lowest BCUT2D eigenvalue weighted by Gasteiger charge is -2.28. The zero-order valence-corrected chi connectivity index (χ0v) is 17.0. The number of carbonyl (C=O) groups excluding carboxylic acids is 2. The summed E-state index contributed by atoms with van der Waals surface area (Å²) in [5, 5.41) is 3.53. The molecule has 142 valence electrons. The van der Waals surface area contributed by atoms with Gasteiger partial charge in [-0.05, 0) is 67.6 Å². The molecule has 1 amide bonds. The van der Waals surface area contributed by atoms with E-state index in [9.17, 15) is 9.59 Å². The van der Waals surface area contributed by atoms with Crippen LogP contribution < -0.4 is 5.32 Å². The van der Waals surface area contributed by atoms with E-state index < -0.39 is 17.6 Å². The monoisotopic (exact) mass is 385 g/mol. The molecule has 1 heterocycles. The van der Waals surface area contributed by atoms with Crippen molar-refractivity contribution >= 4 is 23.3 Å². The van der Waals surface area contributed by atoms with Crippen LogP contribution in [-0.4, -0.2) is 30.4 Å². The van der Waals surface area contributed by atoms with Crippen LogP contribution in [0.1, 0.15) is 36.5 Å². The number of carbonyl (C=O) groups is 2. The highest BCUT2D eigenvalue weighted by atomic mass is 35.5. The third kappa shape index (κ3) is 3.17. The number of Topliss-reactive ketones (excluding diaryl/α,β-unsaturated/α-hetero) is 1. The number of hydrogen-bond donors (Lipinski definition) is 1. The fourth-order valence-electron chi connectivity index (χ4n) is 3.86. The zero-order chi connectivity index (χ0) is 19.9. The molecule has 1 aliphatic heterocycles. The first-order valence-electron chi connectivity index (χ1n) is 8.96. The number of ketones is 1. The number of ether oxygens (including phenoxy) is 1. The molecule has 4 nitrogen and oxygen atoms in total. The molecule has 1 aliphatic rings. The Hall–Kier alpha value is -2.17. The predicted octanol–water partition coefficient (Wildman–Crippen LogP) is 4.20. The maximum atomic E-state index is 13.3. The van der Waals surface area contributed by atoms with Crippen LogP contribution in [0.3, 0.4) is 0 Å². The van der Waals surface area contributed by atoms with Gasteiger partial charge in [0.2, 0.25) is 5.91 Å². The van der Waals surface area contributed by atoms with Gasteiger partial charge in [0.1, 0.15) is 11.5 Å². The Labute approximate surface area is 164 Å². The first-order chi connectivity index (χ1) is 12.7. The van der Waals surface area contributed by atoms with Crippen molar-refractivity contribution in [2.24, 2.45) is 0 Å². The van der Waals surface area contributed by atoms with Crippen LogP contribution in [0.4, 0.5) is 0 Å².